The van der Waals surface area contributed by atoms with Crippen molar-refractivity contribution >= 4 is 40.6 Å². The van der Waals surface area contributed by atoms with Crippen LogP contribution in [0.25, 0.3) is 0 Å². The molecular weight excluding hydrogens is 498 g/mol. The molecule has 1 heterocycles. The second-order valence-electron chi connectivity index (χ2n) is 7.80. The lowest BCUT2D eigenvalue weighted by Gasteiger charge is -2.13. The van der Waals surface area contributed by atoms with Crippen LogP contribution in [0.2, 0.25) is 0 Å². The van der Waals surface area contributed by atoms with Crippen molar-refractivity contribution in [2.24, 2.45) is 28.8 Å². The van der Waals surface area contributed by atoms with Gasteiger partial charge in [0.15, 0.2) is 0 Å². The van der Waals surface area contributed by atoms with Gasteiger partial charge in [-0.1, -0.05) is 30.4 Å². The van der Waals surface area contributed by atoms with Crippen molar-refractivity contribution in [3.63, 3.8) is 0 Å². The highest BCUT2D eigenvalue weighted by Gasteiger charge is 2.59. The standard InChI is InChI=1S/C23H18FIN2O3/c24-17-4-2-1-3-16(17)12-30-19-8-5-13(9-18(19)25)11-26-27-22(28)20-14-6-7-15(10-14)21(20)23(27)29/h1-9,11,14-15,20-21H,10,12H2/t14-,15-,20-,21+/m0/s1. The van der Waals surface area contributed by atoms with E-state index in [1.165, 1.54) is 12.3 Å². The molecule has 2 fully saturated rings. The Morgan fingerprint density at radius 2 is 1.80 bits per heavy atom. The summed E-state index contributed by atoms with van der Waals surface area (Å²) in [5, 5.41) is 5.24. The van der Waals surface area contributed by atoms with Gasteiger partial charge in [-0.15, -0.1) is 0 Å². The van der Waals surface area contributed by atoms with Crippen LogP contribution in [0.1, 0.15) is 17.5 Å². The van der Waals surface area contributed by atoms with Crippen molar-refractivity contribution in [2.75, 3.05) is 0 Å². The molecule has 4 atom stereocenters. The van der Waals surface area contributed by atoms with Crippen LogP contribution in [0.5, 0.6) is 5.75 Å². The first-order valence-electron chi connectivity index (χ1n) is 9.79. The van der Waals surface area contributed by atoms with E-state index in [1.807, 2.05) is 6.07 Å². The van der Waals surface area contributed by atoms with E-state index < -0.39 is 0 Å². The maximum atomic E-state index is 13.7. The lowest BCUT2D eigenvalue weighted by Crippen LogP contribution is -2.28. The maximum Gasteiger partial charge on any atom is 0.254 e. The summed E-state index contributed by atoms with van der Waals surface area (Å²) in [5.74, 6) is -0.230. The van der Waals surface area contributed by atoms with Gasteiger partial charge in [0.2, 0.25) is 0 Å². The average Bonchev–Trinajstić information content (AvgIpc) is 3.41. The molecule has 0 spiro atoms. The first kappa shape index (κ1) is 19.4. The molecule has 0 aromatic heterocycles. The fraction of sp³-hybridized carbons (Fsp3) is 0.261. The van der Waals surface area contributed by atoms with E-state index in [-0.39, 0.29) is 47.9 Å². The third-order valence-electron chi connectivity index (χ3n) is 6.07. The summed E-state index contributed by atoms with van der Waals surface area (Å²) >= 11 is 2.13. The minimum atomic E-state index is -0.301. The van der Waals surface area contributed by atoms with E-state index in [2.05, 4.69) is 39.8 Å². The van der Waals surface area contributed by atoms with Crippen molar-refractivity contribution in [1.82, 2.24) is 5.01 Å². The summed E-state index contributed by atoms with van der Waals surface area (Å²) in [6.45, 7) is 0.131. The number of carbonyl (C=O) groups excluding carboxylic acids is 2. The molecule has 2 amide bonds. The molecule has 1 aliphatic heterocycles. The highest BCUT2D eigenvalue weighted by Crippen LogP contribution is 2.52. The Morgan fingerprint density at radius 3 is 2.47 bits per heavy atom. The van der Waals surface area contributed by atoms with E-state index in [9.17, 15) is 14.0 Å². The largest absolute Gasteiger partial charge is 0.488 e. The van der Waals surface area contributed by atoms with Gasteiger partial charge in [-0.05, 0) is 70.7 Å². The number of halogens is 2. The van der Waals surface area contributed by atoms with E-state index in [0.29, 0.717) is 11.3 Å². The van der Waals surface area contributed by atoms with Crippen LogP contribution in [0, 0.1) is 33.1 Å². The molecular formula is C23H18FIN2O3. The van der Waals surface area contributed by atoms with Crippen LogP contribution in [-0.4, -0.2) is 23.0 Å². The molecule has 0 unspecified atom stereocenters. The monoisotopic (exact) mass is 516 g/mol. The lowest BCUT2D eigenvalue weighted by molar-refractivity contribution is -0.140. The molecule has 0 N–H and O–H groups in total. The predicted octanol–water partition coefficient (Wildman–Crippen LogP) is 4.15. The zero-order valence-corrected chi connectivity index (χ0v) is 18.0. The van der Waals surface area contributed by atoms with Gasteiger partial charge in [0, 0.05) is 5.56 Å². The summed E-state index contributed by atoms with van der Waals surface area (Å²) in [4.78, 5) is 25.4. The first-order chi connectivity index (χ1) is 14.5. The van der Waals surface area contributed by atoms with Crippen molar-refractivity contribution in [1.29, 1.82) is 0 Å². The minimum Gasteiger partial charge on any atom is -0.488 e. The number of nitrogens with zero attached hydrogens (tertiary/aromatic N) is 2. The van der Waals surface area contributed by atoms with Gasteiger partial charge in [0.05, 0.1) is 21.6 Å². The predicted molar refractivity (Wildman–Crippen MR) is 117 cm³/mol. The Hall–Kier alpha value is -2.55. The van der Waals surface area contributed by atoms with Crippen molar-refractivity contribution in [3.05, 3.63) is 75.1 Å². The summed E-state index contributed by atoms with van der Waals surface area (Å²) in [5.41, 5.74) is 1.23. The number of amides is 2. The van der Waals surface area contributed by atoms with Crippen LogP contribution in [0.4, 0.5) is 4.39 Å². The Labute approximate surface area is 186 Å². The van der Waals surface area contributed by atoms with Crippen LogP contribution in [0.15, 0.2) is 59.7 Å². The van der Waals surface area contributed by atoms with Gasteiger partial charge in [-0.3, -0.25) is 9.59 Å². The van der Waals surface area contributed by atoms with Crippen molar-refractivity contribution in [2.45, 2.75) is 13.0 Å². The Bertz CT molecular complexity index is 1070. The summed E-state index contributed by atoms with van der Waals surface area (Å²) in [6, 6.07) is 11.9. The number of hydrazone groups is 1. The maximum absolute atomic E-state index is 13.7. The number of allylic oxidation sites excluding steroid dienone is 2. The number of ether oxygens (including phenoxy) is 1. The second kappa shape index (κ2) is 7.61. The smallest absolute Gasteiger partial charge is 0.254 e. The third-order valence-corrected chi connectivity index (χ3v) is 6.91. The fourth-order valence-electron chi connectivity index (χ4n) is 4.61. The summed E-state index contributed by atoms with van der Waals surface area (Å²) < 4.78 is 20.3. The first-order valence-corrected chi connectivity index (χ1v) is 10.9. The number of hydrogen-bond acceptors (Lipinski definition) is 4. The van der Waals surface area contributed by atoms with Crippen LogP contribution >= 0.6 is 22.6 Å². The number of rotatable bonds is 5. The van der Waals surface area contributed by atoms with Gasteiger partial charge in [-0.25, -0.2) is 4.39 Å². The minimum absolute atomic E-state index is 0.131. The molecule has 3 aliphatic rings. The Balaban J connectivity index is 1.27. The number of benzene rings is 2. The normalized spacial score (nSPS) is 26.8. The summed E-state index contributed by atoms with van der Waals surface area (Å²) in [6.07, 6.45) is 6.55. The molecule has 0 radical (unpaired) electrons. The molecule has 1 saturated heterocycles. The molecule has 7 heteroatoms. The molecule has 30 heavy (non-hydrogen) atoms. The highest BCUT2D eigenvalue weighted by molar-refractivity contribution is 14.1. The second-order valence-corrected chi connectivity index (χ2v) is 8.96. The van der Waals surface area contributed by atoms with Crippen molar-refractivity contribution in [3.8, 4) is 5.75 Å². The van der Waals surface area contributed by atoms with Gasteiger partial charge < -0.3 is 4.74 Å². The number of fused-ring (bicyclic) bond motifs is 5. The van der Waals surface area contributed by atoms with Gasteiger partial charge in [-0.2, -0.15) is 10.1 Å². The molecule has 5 nitrogen and oxygen atoms in total. The van der Waals surface area contributed by atoms with Crippen LogP contribution < -0.4 is 4.74 Å². The molecule has 2 bridgehead atoms. The molecule has 152 valence electrons. The van der Waals surface area contributed by atoms with Gasteiger partial charge in [0.25, 0.3) is 11.8 Å². The SMILES string of the molecule is O=C1[C@@H]2[C@H](C(=O)N1N=Cc1ccc(OCc3ccccc3F)c(I)c1)[C@H]1C=C[C@H]2C1. The third kappa shape index (κ3) is 3.25. The number of imide groups is 1. The topological polar surface area (TPSA) is 59.0 Å². The number of hydrogen-bond donors (Lipinski definition) is 0. The highest BCUT2D eigenvalue weighted by atomic mass is 127. The average molecular weight is 516 g/mol. The zero-order chi connectivity index (χ0) is 20.8. The molecule has 2 aromatic rings. The zero-order valence-electron chi connectivity index (χ0n) is 15.9. The fourth-order valence-corrected chi connectivity index (χ4v) is 5.31. The van der Waals surface area contributed by atoms with E-state index in [4.69, 9.17) is 4.74 Å². The Morgan fingerprint density at radius 1 is 1.10 bits per heavy atom. The summed E-state index contributed by atoms with van der Waals surface area (Å²) in [7, 11) is 0. The molecule has 5 rings (SSSR count). The van der Waals surface area contributed by atoms with Crippen LogP contribution in [-0.2, 0) is 16.2 Å². The van der Waals surface area contributed by atoms with E-state index in [0.717, 1.165) is 20.6 Å². The van der Waals surface area contributed by atoms with Crippen LogP contribution in [0.3, 0.4) is 0 Å². The van der Waals surface area contributed by atoms with E-state index >= 15 is 0 Å². The Kier molecular flexibility index (Phi) is 4.92. The molecule has 2 aromatic carbocycles. The van der Waals surface area contributed by atoms with Crippen molar-refractivity contribution < 1.29 is 18.7 Å². The lowest BCUT2D eigenvalue weighted by atomic mass is 9.85. The van der Waals surface area contributed by atoms with Gasteiger partial charge in [0.1, 0.15) is 18.2 Å². The molecule has 1 saturated carbocycles. The molecule has 2 aliphatic carbocycles. The van der Waals surface area contributed by atoms with Gasteiger partial charge >= 0.3 is 0 Å². The number of carbonyl (C=O) groups is 2. The van der Waals surface area contributed by atoms with E-state index in [1.54, 1.807) is 30.3 Å². The quantitative estimate of drug-likeness (QED) is 0.260.